The van der Waals surface area contributed by atoms with E-state index in [4.69, 9.17) is 0 Å². The average Bonchev–Trinajstić information content (AvgIpc) is 3.37. The van der Waals surface area contributed by atoms with Crippen LogP contribution >= 0.6 is 0 Å². The number of rotatable bonds is 4. The lowest BCUT2D eigenvalue weighted by Crippen LogP contribution is -2.38. The predicted octanol–water partition coefficient (Wildman–Crippen LogP) is 6.33. The van der Waals surface area contributed by atoms with E-state index < -0.39 is 0 Å². The molecule has 182 valence electrons. The number of nitrogens with one attached hydrogen (secondary N) is 2. The highest BCUT2D eigenvalue weighted by molar-refractivity contribution is 5.96. The van der Waals surface area contributed by atoms with Gasteiger partial charge in [-0.15, -0.1) is 0 Å². The summed E-state index contributed by atoms with van der Waals surface area (Å²) < 4.78 is 0. The highest BCUT2D eigenvalue weighted by Crippen LogP contribution is 2.38. The highest BCUT2D eigenvalue weighted by atomic mass is 16.2. The summed E-state index contributed by atoms with van der Waals surface area (Å²) in [7, 11) is 0. The van der Waals surface area contributed by atoms with Crippen molar-refractivity contribution in [3.8, 4) is 11.3 Å². The molecule has 3 aromatic heterocycles. The molecule has 1 aliphatic heterocycles. The largest absolute Gasteiger partial charge is 0.354 e. The maximum absolute atomic E-state index is 13.1. The van der Waals surface area contributed by atoms with Crippen LogP contribution in [0.2, 0.25) is 0 Å². The summed E-state index contributed by atoms with van der Waals surface area (Å²) in [5.74, 6) is 0.949. The lowest BCUT2D eigenvalue weighted by atomic mass is 9.87. The van der Waals surface area contributed by atoms with E-state index in [1.54, 1.807) is 0 Å². The first-order valence-electron chi connectivity index (χ1n) is 12.6. The second-order valence-electron chi connectivity index (χ2n) is 10.4. The van der Waals surface area contributed by atoms with Crippen molar-refractivity contribution < 1.29 is 4.79 Å². The van der Waals surface area contributed by atoms with Crippen molar-refractivity contribution in [1.29, 1.82) is 0 Å². The van der Waals surface area contributed by atoms with E-state index in [9.17, 15) is 4.79 Å². The first-order valence-corrected chi connectivity index (χ1v) is 12.6. The summed E-state index contributed by atoms with van der Waals surface area (Å²) >= 11 is 0. The van der Waals surface area contributed by atoms with E-state index in [0.29, 0.717) is 11.8 Å². The van der Waals surface area contributed by atoms with E-state index >= 15 is 0 Å². The lowest BCUT2D eigenvalue weighted by molar-refractivity contribution is 0.0711. The van der Waals surface area contributed by atoms with Gasteiger partial charge in [-0.2, -0.15) is 5.10 Å². The van der Waals surface area contributed by atoms with Crippen molar-refractivity contribution >= 4 is 16.8 Å². The first kappa shape index (κ1) is 23.3. The average molecular weight is 470 g/mol. The molecule has 4 aromatic rings. The summed E-state index contributed by atoms with van der Waals surface area (Å²) in [5.41, 5.74) is 10.8. The molecule has 0 aliphatic carbocycles. The lowest BCUT2D eigenvalue weighted by Gasteiger charge is -2.32. The minimum Gasteiger partial charge on any atom is -0.354 e. The zero-order valence-electron chi connectivity index (χ0n) is 21.6. The van der Waals surface area contributed by atoms with Crippen LogP contribution in [0.3, 0.4) is 0 Å². The Bertz CT molecular complexity index is 1360. The molecule has 1 fully saturated rings. The summed E-state index contributed by atoms with van der Waals surface area (Å²) in [4.78, 5) is 23.3. The zero-order valence-corrected chi connectivity index (χ0v) is 21.6. The fourth-order valence-electron chi connectivity index (χ4n) is 5.73. The molecule has 0 spiro atoms. The first-order chi connectivity index (χ1) is 16.7. The van der Waals surface area contributed by atoms with Gasteiger partial charge in [-0.1, -0.05) is 19.9 Å². The Kier molecular flexibility index (Phi) is 5.99. The van der Waals surface area contributed by atoms with Crippen LogP contribution in [0.15, 0.2) is 30.3 Å². The second kappa shape index (κ2) is 8.99. The van der Waals surface area contributed by atoms with Gasteiger partial charge in [0.25, 0.3) is 5.91 Å². The number of nitrogens with zero attached hydrogens (tertiary/aromatic N) is 3. The molecular weight excluding hydrogens is 434 g/mol. The van der Waals surface area contributed by atoms with Crippen molar-refractivity contribution in [3.63, 3.8) is 0 Å². The number of aromatic nitrogens is 4. The van der Waals surface area contributed by atoms with Gasteiger partial charge >= 0.3 is 0 Å². The summed E-state index contributed by atoms with van der Waals surface area (Å²) in [6.45, 7) is 14.0. The SMILES string of the molecule is Cc1cc(-c2[nH]c3ccc(C4CCN(C(=O)c5c(C)n[nH]c5C)CC4)cc3c2C(C)C)cc(C)n1. The third-order valence-corrected chi connectivity index (χ3v) is 7.41. The van der Waals surface area contributed by atoms with E-state index in [1.165, 1.54) is 33.3 Å². The van der Waals surface area contributed by atoms with Crippen LogP contribution < -0.4 is 0 Å². The number of pyridine rings is 1. The normalized spacial score (nSPS) is 14.9. The van der Waals surface area contributed by atoms with Gasteiger partial charge in [0, 0.05) is 46.6 Å². The van der Waals surface area contributed by atoms with Crippen molar-refractivity contribution in [2.45, 2.75) is 66.2 Å². The molecule has 5 rings (SSSR count). The molecule has 1 saturated heterocycles. The fraction of sp³-hybridized carbons (Fsp3) is 0.414. The number of H-pyrrole nitrogens is 2. The molecule has 1 aliphatic rings. The molecule has 0 atom stereocenters. The number of fused-ring (bicyclic) bond motifs is 1. The molecule has 0 radical (unpaired) electrons. The Morgan fingerprint density at radius 1 is 1.03 bits per heavy atom. The molecule has 1 aromatic carbocycles. The van der Waals surface area contributed by atoms with Gasteiger partial charge < -0.3 is 9.88 Å². The Balaban J connectivity index is 1.42. The van der Waals surface area contributed by atoms with Gasteiger partial charge in [-0.3, -0.25) is 14.9 Å². The predicted molar refractivity (Wildman–Crippen MR) is 141 cm³/mol. The minimum atomic E-state index is 0.1000. The molecular formula is C29H35N5O. The van der Waals surface area contributed by atoms with Crippen LogP contribution in [0, 0.1) is 27.7 Å². The van der Waals surface area contributed by atoms with E-state index in [2.05, 4.69) is 78.2 Å². The number of aryl methyl sites for hydroxylation is 4. The van der Waals surface area contributed by atoms with E-state index in [1.807, 2.05) is 18.7 Å². The molecule has 4 heterocycles. The number of hydrogen-bond acceptors (Lipinski definition) is 3. The number of hydrogen-bond donors (Lipinski definition) is 2. The Morgan fingerprint density at radius 2 is 1.71 bits per heavy atom. The number of benzene rings is 1. The fourth-order valence-corrected chi connectivity index (χ4v) is 5.73. The molecule has 2 N–H and O–H groups in total. The zero-order chi connectivity index (χ0) is 24.9. The van der Waals surface area contributed by atoms with E-state index in [0.717, 1.165) is 54.3 Å². The Morgan fingerprint density at radius 3 is 2.31 bits per heavy atom. The topological polar surface area (TPSA) is 77.7 Å². The van der Waals surface area contributed by atoms with Gasteiger partial charge in [0.05, 0.1) is 17.0 Å². The van der Waals surface area contributed by atoms with Crippen LogP contribution in [0.25, 0.3) is 22.2 Å². The smallest absolute Gasteiger partial charge is 0.257 e. The molecule has 0 saturated carbocycles. The number of amides is 1. The van der Waals surface area contributed by atoms with Crippen molar-refractivity contribution in [2.75, 3.05) is 13.1 Å². The van der Waals surface area contributed by atoms with Crippen molar-refractivity contribution in [2.24, 2.45) is 0 Å². The maximum Gasteiger partial charge on any atom is 0.257 e. The van der Waals surface area contributed by atoms with Crippen LogP contribution in [0.5, 0.6) is 0 Å². The summed E-state index contributed by atoms with van der Waals surface area (Å²) in [5, 5.41) is 8.45. The summed E-state index contributed by atoms with van der Waals surface area (Å²) in [6, 6.07) is 11.2. The molecule has 6 nitrogen and oxygen atoms in total. The highest BCUT2D eigenvalue weighted by Gasteiger charge is 2.28. The quantitative estimate of drug-likeness (QED) is 0.367. The standard InChI is InChI=1S/C29H35N5O/c1-16(2)26-24-15-22(7-8-25(24)31-28(26)23-13-17(3)30-18(4)14-23)21-9-11-34(12-10-21)29(35)27-19(5)32-33-20(27)6/h7-8,13-16,21,31H,9-12H2,1-6H3,(H,32,33). The maximum atomic E-state index is 13.1. The van der Waals surface area contributed by atoms with Crippen LogP contribution in [0.1, 0.15) is 82.8 Å². The number of aromatic amines is 2. The molecule has 35 heavy (non-hydrogen) atoms. The minimum absolute atomic E-state index is 0.1000. The van der Waals surface area contributed by atoms with E-state index in [-0.39, 0.29) is 5.91 Å². The van der Waals surface area contributed by atoms with Gasteiger partial charge in [0.15, 0.2) is 0 Å². The number of carbonyl (C=O) groups is 1. The molecule has 0 bridgehead atoms. The van der Waals surface area contributed by atoms with Crippen LogP contribution in [-0.4, -0.2) is 44.1 Å². The summed E-state index contributed by atoms with van der Waals surface area (Å²) in [6.07, 6.45) is 1.95. The number of likely N-dealkylation sites (tertiary alicyclic amines) is 1. The second-order valence-corrected chi connectivity index (χ2v) is 10.4. The third kappa shape index (κ3) is 4.26. The van der Waals surface area contributed by atoms with Gasteiger partial charge in [-0.05, 0) is 87.8 Å². The van der Waals surface area contributed by atoms with Gasteiger partial charge in [0.2, 0.25) is 0 Å². The number of carbonyl (C=O) groups excluding carboxylic acids is 1. The molecule has 1 amide bonds. The number of piperidine rings is 1. The van der Waals surface area contributed by atoms with Crippen molar-refractivity contribution in [1.82, 2.24) is 25.1 Å². The Hall–Kier alpha value is -3.41. The van der Waals surface area contributed by atoms with Crippen molar-refractivity contribution in [3.05, 3.63) is 69.8 Å². The molecule has 6 heteroatoms. The molecule has 0 unspecified atom stereocenters. The van der Waals surface area contributed by atoms with Crippen LogP contribution in [0.4, 0.5) is 0 Å². The van der Waals surface area contributed by atoms with Gasteiger partial charge in [0.1, 0.15) is 0 Å². The Labute approximate surface area is 207 Å². The monoisotopic (exact) mass is 469 g/mol. The van der Waals surface area contributed by atoms with Gasteiger partial charge in [-0.25, -0.2) is 0 Å². The van der Waals surface area contributed by atoms with Crippen LogP contribution in [-0.2, 0) is 0 Å². The third-order valence-electron chi connectivity index (χ3n) is 7.41.